The molecular weight excluding hydrogens is 314 g/mol. The smallest absolute Gasteiger partial charge is 0.255 e. The van der Waals surface area contributed by atoms with Gasteiger partial charge in [0.25, 0.3) is 5.91 Å². The van der Waals surface area contributed by atoms with Crippen LogP contribution in [-0.4, -0.2) is 32.9 Å². The summed E-state index contributed by atoms with van der Waals surface area (Å²) in [4.78, 5) is 12.7. The highest BCUT2D eigenvalue weighted by Gasteiger charge is 2.32. The second-order valence-electron chi connectivity index (χ2n) is 6.96. The van der Waals surface area contributed by atoms with Crippen LogP contribution in [0.3, 0.4) is 0 Å². The number of amides is 1. The van der Waals surface area contributed by atoms with Gasteiger partial charge in [-0.15, -0.1) is 0 Å². The highest BCUT2D eigenvalue weighted by atomic mass is 16.3. The third kappa shape index (κ3) is 4.28. The number of carbonyl (C=O) groups excluding carboxylic acids is 1. The molecule has 1 aliphatic carbocycles. The number of aromatic nitrogens is 2. The molecule has 25 heavy (non-hydrogen) atoms. The molecule has 2 N–H and O–H groups in total. The molecule has 1 aromatic heterocycles. The van der Waals surface area contributed by atoms with Gasteiger partial charge >= 0.3 is 0 Å². The zero-order valence-electron chi connectivity index (χ0n) is 15.0. The van der Waals surface area contributed by atoms with Crippen LogP contribution in [0.4, 0.5) is 0 Å². The van der Waals surface area contributed by atoms with Gasteiger partial charge in [-0.05, 0) is 31.7 Å². The molecule has 5 heteroatoms. The van der Waals surface area contributed by atoms with Crippen LogP contribution in [0.1, 0.15) is 60.6 Å². The second-order valence-corrected chi connectivity index (χ2v) is 6.96. The van der Waals surface area contributed by atoms with E-state index in [0.717, 1.165) is 37.1 Å². The maximum absolute atomic E-state index is 12.7. The molecule has 0 bridgehead atoms. The van der Waals surface area contributed by atoms with E-state index in [2.05, 4.69) is 17.3 Å². The third-order valence-corrected chi connectivity index (χ3v) is 4.75. The van der Waals surface area contributed by atoms with Gasteiger partial charge in [0.05, 0.1) is 29.6 Å². The van der Waals surface area contributed by atoms with E-state index in [-0.39, 0.29) is 11.9 Å². The summed E-state index contributed by atoms with van der Waals surface area (Å²) in [7, 11) is 0. The van der Waals surface area contributed by atoms with Crippen LogP contribution in [0.15, 0.2) is 36.5 Å². The van der Waals surface area contributed by atoms with Crippen molar-refractivity contribution in [2.45, 2.75) is 64.1 Å². The maximum atomic E-state index is 12.7. The fraction of sp³-hybridized carbons (Fsp3) is 0.500. The summed E-state index contributed by atoms with van der Waals surface area (Å²) in [6, 6.07) is 9.50. The van der Waals surface area contributed by atoms with Crippen LogP contribution >= 0.6 is 0 Å². The number of benzene rings is 1. The number of hydrogen-bond acceptors (Lipinski definition) is 3. The van der Waals surface area contributed by atoms with E-state index >= 15 is 0 Å². The molecule has 0 radical (unpaired) electrons. The van der Waals surface area contributed by atoms with Crippen molar-refractivity contribution in [1.29, 1.82) is 0 Å². The van der Waals surface area contributed by atoms with Gasteiger partial charge in [0.15, 0.2) is 0 Å². The molecule has 1 saturated carbocycles. The number of rotatable bonds is 8. The summed E-state index contributed by atoms with van der Waals surface area (Å²) >= 11 is 0. The normalized spacial score (nSPS) is 16.4. The number of nitrogens with one attached hydrogen (secondary N) is 1. The molecule has 0 saturated heterocycles. The number of aliphatic hydroxyl groups excluding tert-OH is 1. The van der Waals surface area contributed by atoms with E-state index in [0.29, 0.717) is 17.9 Å². The Hall–Kier alpha value is -2.14. The van der Waals surface area contributed by atoms with Crippen molar-refractivity contribution in [3.05, 3.63) is 53.3 Å². The standard InChI is InChI=1S/C20H27N3O2/c1-3-11-23-19(16-9-10-16)17(13-21-23)20(25)22-14(2)18(24)12-15-7-5-4-6-8-15/h4-8,13-14,16,18,24H,3,9-12H2,1-2H3,(H,22,25). The first kappa shape index (κ1) is 17.7. The Morgan fingerprint density at radius 1 is 1.36 bits per heavy atom. The number of aliphatic hydroxyl groups is 1. The van der Waals surface area contributed by atoms with Crippen molar-refractivity contribution in [1.82, 2.24) is 15.1 Å². The first-order valence-corrected chi connectivity index (χ1v) is 9.18. The molecule has 134 valence electrons. The minimum Gasteiger partial charge on any atom is -0.391 e. The Kier molecular flexibility index (Phi) is 5.53. The number of nitrogens with zero attached hydrogens (tertiary/aromatic N) is 2. The minimum absolute atomic E-state index is 0.135. The summed E-state index contributed by atoms with van der Waals surface area (Å²) in [5, 5.41) is 17.8. The van der Waals surface area contributed by atoms with Gasteiger partial charge in [-0.1, -0.05) is 37.3 Å². The minimum atomic E-state index is -0.624. The van der Waals surface area contributed by atoms with Crippen LogP contribution in [0.25, 0.3) is 0 Å². The molecule has 2 atom stereocenters. The molecule has 5 nitrogen and oxygen atoms in total. The Morgan fingerprint density at radius 2 is 2.08 bits per heavy atom. The predicted molar refractivity (Wildman–Crippen MR) is 97.6 cm³/mol. The molecule has 1 aliphatic rings. The molecule has 0 aliphatic heterocycles. The van der Waals surface area contributed by atoms with Gasteiger partial charge in [-0.2, -0.15) is 5.10 Å². The van der Waals surface area contributed by atoms with Crippen molar-refractivity contribution in [2.24, 2.45) is 0 Å². The van der Waals surface area contributed by atoms with Gasteiger partial charge in [0.2, 0.25) is 0 Å². The molecule has 0 spiro atoms. The summed E-state index contributed by atoms with van der Waals surface area (Å²) < 4.78 is 1.97. The monoisotopic (exact) mass is 341 g/mol. The lowest BCUT2D eigenvalue weighted by Gasteiger charge is -2.20. The third-order valence-electron chi connectivity index (χ3n) is 4.75. The first-order chi connectivity index (χ1) is 12.1. The largest absolute Gasteiger partial charge is 0.391 e. The molecule has 1 amide bonds. The Labute approximate surface area is 149 Å². The summed E-state index contributed by atoms with van der Waals surface area (Å²) in [6.45, 7) is 4.80. The number of aryl methyl sites for hydroxylation is 1. The molecule has 2 aromatic rings. The van der Waals surface area contributed by atoms with Gasteiger partial charge in [-0.25, -0.2) is 0 Å². The SMILES string of the molecule is CCCn1ncc(C(=O)NC(C)C(O)Cc2ccccc2)c1C1CC1. The Morgan fingerprint density at radius 3 is 2.72 bits per heavy atom. The highest BCUT2D eigenvalue weighted by molar-refractivity contribution is 5.95. The quantitative estimate of drug-likeness (QED) is 0.776. The molecule has 1 heterocycles. The molecular formula is C20H27N3O2. The van der Waals surface area contributed by atoms with Crippen LogP contribution in [-0.2, 0) is 13.0 Å². The molecule has 1 fully saturated rings. The first-order valence-electron chi connectivity index (χ1n) is 9.18. The van der Waals surface area contributed by atoms with Crippen molar-refractivity contribution in [3.63, 3.8) is 0 Å². The Balaban J connectivity index is 1.65. The van der Waals surface area contributed by atoms with Crippen molar-refractivity contribution in [3.8, 4) is 0 Å². The number of hydrogen-bond donors (Lipinski definition) is 2. The van der Waals surface area contributed by atoms with E-state index in [1.807, 2.05) is 41.9 Å². The lowest BCUT2D eigenvalue weighted by molar-refractivity contribution is 0.0850. The maximum Gasteiger partial charge on any atom is 0.255 e. The van der Waals surface area contributed by atoms with E-state index in [4.69, 9.17) is 0 Å². The Bertz CT molecular complexity index is 707. The van der Waals surface area contributed by atoms with Crippen LogP contribution < -0.4 is 5.32 Å². The number of carbonyl (C=O) groups is 1. The molecule has 2 unspecified atom stereocenters. The van der Waals surface area contributed by atoms with Crippen LogP contribution in [0, 0.1) is 0 Å². The van der Waals surface area contributed by atoms with Crippen molar-refractivity contribution >= 4 is 5.91 Å². The topological polar surface area (TPSA) is 67.2 Å². The van der Waals surface area contributed by atoms with Crippen molar-refractivity contribution < 1.29 is 9.90 Å². The summed E-state index contributed by atoms with van der Waals surface area (Å²) in [5.74, 6) is 0.322. The fourth-order valence-corrected chi connectivity index (χ4v) is 3.16. The lowest BCUT2D eigenvalue weighted by Crippen LogP contribution is -2.42. The van der Waals surface area contributed by atoms with Gasteiger partial charge in [0.1, 0.15) is 0 Å². The zero-order chi connectivity index (χ0) is 17.8. The average molecular weight is 341 g/mol. The predicted octanol–water partition coefficient (Wildman–Crippen LogP) is 2.89. The van der Waals surface area contributed by atoms with Gasteiger partial charge < -0.3 is 10.4 Å². The average Bonchev–Trinajstić information content (AvgIpc) is 3.36. The van der Waals surface area contributed by atoms with Crippen molar-refractivity contribution in [2.75, 3.05) is 0 Å². The fourth-order valence-electron chi connectivity index (χ4n) is 3.16. The van der Waals surface area contributed by atoms with Gasteiger partial charge in [0, 0.05) is 18.9 Å². The van der Waals surface area contributed by atoms with Crippen LogP contribution in [0.5, 0.6) is 0 Å². The molecule has 1 aromatic carbocycles. The van der Waals surface area contributed by atoms with E-state index in [1.54, 1.807) is 6.20 Å². The van der Waals surface area contributed by atoms with Gasteiger partial charge in [-0.3, -0.25) is 9.48 Å². The zero-order valence-corrected chi connectivity index (χ0v) is 15.0. The van der Waals surface area contributed by atoms with Crippen LogP contribution in [0.2, 0.25) is 0 Å². The summed E-state index contributed by atoms with van der Waals surface area (Å²) in [5.41, 5.74) is 2.78. The highest BCUT2D eigenvalue weighted by Crippen LogP contribution is 2.41. The molecule has 3 rings (SSSR count). The van der Waals surface area contributed by atoms with E-state index in [9.17, 15) is 9.90 Å². The van der Waals surface area contributed by atoms with E-state index < -0.39 is 6.10 Å². The van der Waals surface area contributed by atoms with E-state index in [1.165, 1.54) is 0 Å². The lowest BCUT2D eigenvalue weighted by atomic mass is 10.0. The second kappa shape index (κ2) is 7.83. The summed E-state index contributed by atoms with van der Waals surface area (Å²) in [6.07, 6.45) is 4.82.